The highest BCUT2D eigenvalue weighted by Gasteiger charge is 2.38. The van der Waals surface area contributed by atoms with Crippen LogP contribution in [-0.4, -0.2) is 26.6 Å². The van der Waals surface area contributed by atoms with Crippen molar-refractivity contribution in [3.8, 4) is 16.9 Å². The largest absolute Gasteiger partial charge is 0.360 e. The van der Waals surface area contributed by atoms with Crippen LogP contribution in [0, 0.1) is 0 Å². The fourth-order valence-corrected chi connectivity index (χ4v) is 4.12. The van der Waals surface area contributed by atoms with Crippen LogP contribution in [0.2, 0.25) is 0 Å². The summed E-state index contributed by atoms with van der Waals surface area (Å²) in [7, 11) is 0. The van der Waals surface area contributed by atoms with E-state index in [2.05, 4.69) is 4.98 Å². The van der Waals surface area contributed by atoms with Crippen LogP contribution in [0.15, 0.2) is 91.1 Å². The van der Waals surface area contributed by atoms with Gasteiger partial charge in [0.25, 0.3) is 11.8 Å². The number of amides is 2. The van der Waals surface area contributed by atoms with Gasteiger partial charge in [-0.3, -0.25) is 9.59 Å². The quantitative estimate of drug-likeness (QED) is 0.438. The van der Waals surface area contributed by atoms with Gasteiger partial charge in [-0.1, -0.05) is 48.5 Å². The molecule has 6 nitrogen and oxygen atoms in total. The molecule has 31 heavy (non-hydrogen) atoms. The summed E-state index contributed by atoms with van der Waals surface area (Å²) in [6, 6.07) is 26.3. The second kappa shape index (κ2) is 6.53. The Morgan fingerprint density at radius 2 is 1.35 bits per heavy atom. The molecule has 0 radical (unpaired) electrons. The van der Waals surface area contributed by atoms with E-state index in [-0.39, 0.29) is 11.8 Å². The molecule has 0 bridgehead atoms. The van der Waals surface area contributed by atoms with Gasteiger partial charge in [-0.05, 0) is 30.3 Å². The number of imide groups is 1. The van der Waals surface area contributed by atoms with Gasteiger partial charge in [0.2, 0.25) is 0 Å². The Morgan fingerprint density at radius 1 is 0.710 bits per heavy atom. The first-order valence-electron chi connectivity index (χ1n) is 9.92. The van der Waals surface area contributed by atoms with Gasteiger partial charge in [0, 0.05) is 28.7 Å². The van der Waals surface area contributed by atoms with Gasteiger partial charge in [-0.25, -0.2) is 9.58 Å². The first-order valence-corrected chi connectivity index (χ1v) is 9.92. The number of para-hydroxylation sites is 2. The van der Waals surface area contributed by atoms with Crippen molar-refractivity contribution in [2.24, 2.45) is 0 Å². The van der Waals surface area contributed by atoms with Gasteiger partial charge in [-0.15, -0.1) is 5.10 Å². The standard InChI is InChI=1S/C25H16N4O2/c30-24-18-11-4-5-12-19(18)25(31)28(24)23-14-22(29(27-23)16-8-2-1-3-9-16)20-15-26-21-13-7-6-10-17(20)21/h1-15,26H. The van der Waals surface area contributed by atoms with E-state index < -0.39 is 0 Å². The Kier molecular flexibility index (Phi) is 3.67. The number of anilines is 1. The predicted molar refractivity (Wildman–Crippen MR) is 118 cm³/mol. The third kappa shape index (κ3) is 2.55. The molecular weight excluding hydrogens is 388 g/mol. The molecule has 0 spiro atoms. The van der Waals surface area contributed by atoms with Crippen molar-refractivity contribution in [3.05, 3.63) is 102 Å². The zero-order valence-corrected chi connectivity index (χ0v) is 16.3. The van der Waals surface area contributed by atoms with Crippen molar-refractivity contribution in [1.82, 2.24) is 14.8 Å². The molecule has 2 amide bonds. The molecule has 1 aliphatic rings. The van der Waals surface area contributed by atoms with Crippen molar-refractivity contribution in [3.63, 3.8) is 0 Å². The Bertz CT molecular complexity index is 1450. The number of carbonyl (C=O) groups excluding carboxylic acids is 2. The van der Waals surface area contributed by atoms with Crippen LogP contribution in [0.1, 0.15) is 20.7 Å². The van der Waals surface area contributed by atoms with Gasteiger partial charge in [-0.2, -0.15) is 0 Å². The van der Waals surface area contributed by atoms with Crippen molar-refractivity contribution < 1.29 is 9.59 Å². The van der Waals surface area contributed by atoms with E-state index in [1.807, 2.05) is 60.8 Å². The summed E-state index contributed by atoms with van der Waals surface area (Å²) >= 11 is 0. The van der Waals surface area contributed by atoms with Gasteiger partial charge < -0.3 is 4.98 Å². The maximum Gasteiger partial charge on any atom is 0.267 e. The lowest BCUT2D eigenvalue weighted by Gasteiger charge is -2.09. The lowest BCUT2D eigenvalue weighted by Crippen LogP contribution is -2.29. The Labute approximate surface area is 177 Å². The number of nitrogens with one attached hydrogen (secondary N) is 1. The molecule has 1 aliphatic heterocycles. The number of carbonyl (C=O) groups is 2. The summed E-state index contributed by atoms with van der Waals surface area (Å²) in [5, 5.41) is 5.73. The number of benzene rings is 3. The maximum absolute atomic E-state index is 13.0. The number of hydrogen-bond donors (Lipinski definition) is 1. The summed E-state index contributed by atoms with van der Waals surface area (Å²) in [4.78, 5) is 30.5. The second-order valence-electron chi connectivity index (χ2n) is 7.37. The first kappa shape index (κ1) is 17.4. The Balaban J connectivity index is 1.56. The Morgan fingerprint density at radius 3 is 2.10 bits per heavy atom. The zero-order valence-electron chi connectivity index (χ0n) is 16.3. The van der Waals surface area contributed by atoms with Crippen molar-refractivity contribution in [2.45, 2.75) is 0 Å². The molecule has 6 heteroatoms. The smallest absolute Gasteiger partial charge is 0.267 e. The zero-order chi connectivity index (χ0) is 20.9. The molecule has 2 aromatic heterocycles. The summed E-state index contributed by atoms with van der Waals surface area (Å²) in [6.45, 7) is 0. The third-order valence-corrected chi connectivity index (χ3v) is 5.59. The van der Waals surface area contributed by atoms with E-state index in [0.29, 0.717) is 16.9 Å². The van der Waals surface area contributed by atoms with Crippen LogP contribution < -0.4 is 4.90 Å². The molecule has 0 saturated carbocycles. The topological polar surface area (TPSA) is 71.0 Å². The number of aromatic nitrogens is 3. The number of nitrogens with zero attached hydrogens (tertiary/aromatic N) is 3. The number of hydrogen-bond acceptors (Lipinski definition) is 3. The molecule has 0 fully saturated rings. The molecular formula is C25H16N4O2. The summed E-state index contributed by atoms with van der Waals surface area (Å²) < 4.78 is 1.77. The van der Waals surface area contributed by atoms with Gasteiger partial charge in [0.05, 0.1) is 22.5 Å². The number of H-pyrrole nitrogens is 1. The molecule has 5 aromatic rings. The van der Waals surface area contributed by atoms with E-state index >= 15 is 0 Å². The van der Waals surface area contributed by atoms with E-state index in [9.17, 15) is 9.59 Å². The van der Waals surface area contributed by atoms with Crippen LogP contribution in [0.25, 0.3) is 27.8 Å². The highest BCUT2D eigenvalue weighted by molar-refractivity contribution is 6.34. The minimum absolute atomic E-state index is 0.301. The molecule has 6 rings (SSSR count). The second-order valence-corrected chi connectivity index (χ2v) is 7.37. The average Bonchev–Trinajstić information content (AvgIpc) is 3.49. The van der Waals surface area contributed by atoms with Crippen molar-refractivity contribution >= 4 is 28.5 Å². The van der Waals surface area contributed by atoms with Gasteiger partial charge in [0.15, 0.2) is 5.82 Å². The minimum atomic E-state index is -0.358. The van der Waals surface area contributed by atoms with Crippen LogP contribution in [0.3, 0.4) is 0 Å². The molecule has 3 heterocycles. The lowest BCUT2D eigenvalue weighted by molar-refractivity contribution is 0.0925. The minimum Gasteiger partial charge on any atom is -0.360 e. The SMILES string of the molecule is O=C1c2ccccc2C(=O)N1c1cc(-c2c[nH]c3ccccc23)n(-c2ccccc2)n1. The highest BCUT2D eigenvalue weighted by atomic mass is 16.2. The first-order chi connectivity index (χ1) is 15.2. The van der Waals surface area contributed by atoms with Crippen LogP contribution >= 0.6 is 0 Å². The molecule has 3 aromatic carbocycles. The molecule has 0 saturated heterocycles. The monoisotopic (exact) mass is 404 g/mol. The van der Waals surface area contributed by atoms with Crippen molar-refractivity contribution in [2.75, 3.05) is 4.90 Å². The number of fused-ring (bicyclic) bond motifs is 2. The predicted octanol–water partition coefficient (Wildman–Crippen LogP) is 4.82. The maximum atomic E-state index is 13.0. The van der Waals surface area contributed by atoms with Gasteiger partial charge >= 0.3 is 0 Å². The van der Waals surface area contributed by atoms with E-state index in [1.165, 1.54) is 0 Å². The molecule has 0 aliphatic carbocycles. The van der Waals surface area contributed by atoms with Crippen LogP contribution in [-0.2, 0) is 0 Å². The van der Waals surface area contributed by atoms with Gasteiger partial charge in [0.1, 0.15) is 0 Å². The lowest BCUT2D eigenvalue weighted by atomic mass is 10.1. The molecule has 148 valence electrons. The third-order valence-electron chi connectivity index (χ3n) is 5.59. The summed E-state index contributed by atoms with van der Waals surface area (Å²) in [5.74, 6) is -0.414. The summed E-state index contributed by atoms with van der Waals surface area (Å²) in [6.07, 6.45) is 1.92. The number of rotatable bonds is 3. The fourth-order valence-electron chi connectivity index (χ4n) is 4.12. The fraction of sp³-hybridized carbons (Fsp3) is 0. The van der Waals surface area contributed by atoms with Crippen LogP contribution in [0.5, 0.6) is 0 Å². The average molecular weight is 404 g/mol. The van der Waals surface area contributed by atoms with Crippen LogP contribution in [0.4, 0.5) is 5.82 Å². The van der Waals surface area contributed by atoms with E-state index in [4.69, 9.17) is 5.10 Å². The highest BCUT2D eigenvalue weighted by Crippen LogP contribution is 2.35. The molecule has 0 unspecified atom stereocenters. The Hall–Kier alpha value is -4.45. The molecule has 1 N–H and O–H groups in total. The normalized spacial score (nSPS) is 13.2. The van der Waals surface area contributed by atoms with E-state index in [0.717, 1.165) is 32.7 Å². The number of aromatic amines is 1. The summed E-state index contributed by atoms with van der Waals surface area (Å²) in [5.41, 5.74) is 4.36. The van der Waals surface area contributed by atoms with Crippen molar-refractivity contribution in [1.29, 1.82) is 0 Å². The van der Waals surface area contributed by atoms with E-state index in [1.54, 1.807) is 35.0 Å². The molecule has 0 atom stereocenters.